The lowest BCUT2D eigenvalue weighted by molar-refractivity contribution is 0.0697. The Morgan fingerprint density at radius 2 is 2.05 bits per heavy atom. The fourth-order valence-corrected chi connectivity index (χ4v) is 1.67. The maximum absolute atomic E-state index is 10.7. The van der Waals surface area contributed by atoms with Crippen LogP contribution in [0.3, 0.4) is 0 Å². The van der Waals surface area contributed by atoms with Crippen molar-refractivity contribution in [1.82, 2.24) is 4.57 Å². The van der Waals surface area contributed by atoms with Crippen LogP contribution in [0.4, 0.5) is 0 Å². The molecule has 0 saturated heterocycles. The minimum absolute atomic E-state index is 0.226. The summed E-state index contributed by atoms with van der Waals surface area (Å²) >= 11 is 0. The van der Waals surface area contributed by atoms with Gasteiger partial charge in [0.25, 0.3) is 0 Å². The molecule has 96 valence electrons. The summed E-state index contributed by atoms with van der Waals surface area (Å²) in [7, 11) is 0. The first-order chi connectivity index (χ1) is 9.20. The number of ether oxygens (including phenoxy) is 1. The fraction of sp³-hybridized carbons (Fsp3) is 0.143. The third-order valence-electron chi connectivity index (χ3n) is 2.65. The minimum atomic E-state index is -0.961. The molecule has 2 aromatic rings. The highest BCUT2D eigenvalue weighted by molar-refractivity contribution is 5.87. The van der Waals surface area contributed by atoms with Gasteiger partial charge in [0.05, 0.1) is 12.1 Å². The molecule has 1 aromatic carbocycles. The number of nitrogens with zero attached hydrogens (tertiary/aromatic N) is 2. The average Bonchev–Trinajstić information content (AvgIpc) is 2.87. The van der Waals surface area contributed by atoms with Gasteiger partial charge in [0, 0.05) is 6.20 Å². The standard InChI is InChI=1S/C14H12N2O3/c15-10-12-2-1-7-16(12)8-9-19-13-5-3-11(4-6-13)14(17)18/h1-7H,8-9H2,(H,17,18). The molecule has 19 heavy (non-hydrogen) atoms. The molecular weight excluding hydrogens is 244 g/mol. The average molecular weight is 256 g/mol. The molecule has 0 bridgehead atoms. The number of carboxylic acid groups (broad SMARTS) is 1. The van der Waals surface area contributed by atoms with Gasteiger partial charge < -0.3 is 14.4 Å². The zero-order chi connectivity index (χ0) is 13.7. The van der Waals surface area contributed by atoms with E-state index in [0.717, 1.165) is 0 Å². The van der Waals surface area contributed by atoms with Gasteiger partial charge in [-0.15, -0.1) is 0 Å². The molecule has 0 unspecified atom stereocenters. The molecule has 0 aliphatic rings. The zero-order valence-electron chi connectivity index (χ0n) is 10.1. The van der Waals surface area contributed by atoms with Crippen molar-refractivity contribution < 1.29 is 14.6 Å². The molecule has 5 nitrogen and oxygen atoms in total. The summed E-state index contributed by atoms with van der Waals surface area (Å²) < 4.78 is 7.29. The van der Waals surface area contributed by atoms with Crippen LogP contribution in [0.1, 0.15) is 16.1 Å². The normalized spacial score (nSPS) is 9.84. The number of benzene rings is 1. The highest BCUT2D eigenvalue weighted by atomic mass is 16.5. The Morgan fingerprint density at radius 1 is 1.32 bits per heavy atom. The van der Waals surface area contributed by atoms with Gasteiger partial charge in [-0.3, -0.25) is 0 Å². The van der Waals surface area contributed by atoms with Crippen molar-refractivity contribution in [2.45, 2.75) is 6.54 Å². The van der Waals surface area contributed by atoms with Crippen LogP contribution in [0.25, 0.3) is 0 Å². The third kappa shape index (κ3) is 3.13. The Labute approximate surface area is 110 Å². The quantitative estimate of drug-likeness (QED) is 0.889. The SMILES string of the molecule is N#Cc1cccn1CCOc1ccc(C(=O)O)cc1. The van der Waals surface area contributed by atoms with E-state index in [-0.39, 0.29) is 5.56 Å². The van der Waals surface area contributed by atoms with Crippen LogP contribution in [0.2, 0.25) is 0 Å². The van der Waals surface area contributed by atoms with E-state index >= 15 is 0 Å². The summed E-state index contributed by atoms with van der Waals surface area (Å²) in [6.45, 7) is 0.979. The first-order valence-corrected chi connectivity index (χ1v) is 5.72. The Morgan fingerprint density at radius 3 is 2.68 bits per heavy atom. The summed E-state index contributed by atoms with van der Waals surface area (Å²) in [4.78, 5) is 10.7. The summed E-state index contributed by atoms with van der Waals surface area (Å²) in [5, 5.41) is 17.6. The van der Waals surface area contributed by atoms with Crippen LogP contribution in [0.5, 0.6) is 5.75 Å². The molecule has 2 rings (SSSR count). The summed E-state index contributed by atoms with van der Waals surface area (Å²) in [5.41, 5.74) is 0.814. The van der Waals surface area contributed by atoms with Crippen LogP contribution < -0.4 is 4.74 Å². The van der Waals surface area contributed by atoms with Crippen molar-refractivity contribution >= 4 is 5.97 Å². The lowest BCUT2D eigenvalue weighted by Crippen LogP contribution is -2.08. The molecule has 0 spiro atoms. The topological polar surface area (TPSA) is 75.2 Å². The Hall–Kier alpha value is -2.74. The molecule has 5 heteroatoms. The van der Waals surface area contributed by atoms with Crippen LogP contribution in [0.15, 0.2) is 42.6 Å². The van der Waals surface area contributed by atoms with E-state index in [1.807, 2.05) is 6.20 Å². The van der Waals surface area contributed by atoms with Crippen LogP contribution in [0, 0.1) is 11.3 Å². The van der Waals surface area contributed by atoms with E-state index in [1.54, 1.807) is 28.8 Å². The monoisotopic (exact) mass is 256 g/mol. The van der Waals surface area contributed by atoms with E-state index in [0.29, 0.717) is 24.6 Å². The van der Waals surface area contributed by atoms with Crippen LogP contribution >= 0.6 is 0 Å². The van der Waals surface area contributed by atoms with E-state index in [2.05, 4.69) is 6.07 Å². The van der Waals surface area contributed by atoms with Gasteiger partial charge in [0.15, 0.2) is 0 Å². The lowest BCUT2D eigenvalue weighted by Gasteiger charge is -2.08. The summed E-state index contributed by atoms with van der Waals surface area (Å²) in [6, 6.07) is 11.8. The third-order valence-corrected chi connectivity index (χ3v) is 2.65. The number of carbonyl (C=O) groups is 1. The predicted molar refractivity (Wildman–Crippen MR) is 68.0 cm³/mol. The molecule has 0 radical (unpaired) electrons. The maximum Gasteiger partial charge on any atom is 0.335 e. The molecule has 0 amide bonds. The van der Waals surface area contributed by atoms with Gasteiger partial charge in [0.1, 0.15) is 24.1 Å². The van der Waals surface area contributed by atoms with Gasteiger partial charge in [-0.05, 0) is 36.4 Å². The molecule has 0 saturated carbocycles. The number of nitriles is 1. The number of hydrogen-bond donors (Lipinski definition) is 1. The van der Waals surface area contributed by atoms with E-state index < -0.39 is 5.97 Å². The van der Waals surface area contributed by atoms with Crippen LogP contribution in [-0.2, 0) is 6.54 Å². The smallest absolute Gasteiger partial charge is 0.335 e. The molecule has 1 N–H and O–H groups in total. The first kappa shape index (κ1) is 12.7. The van der Waals surface area contributed by atoms with Crippen molar-refractivity contribution in [3.05, 3.63) is 53.9 Å². The number of hydrogen-bond acceptors (Lipinski definition) is 3. The predicted octanol–water partition coefficient (Wildman–Crippen LogP) is 2.14. The van der Waals surface area contributed by atoms with Crippen molar-refractivity contribution in [1.29, 1.82) is 5.26 Å². The first-order valence-electron chi connectivity index (χ1n) is 5.72. The van der Waals surface area contributed by atoms with E-state index in [1.165, 1.54) is 12.1 Å². The molecule has 1 heterocycles. The van der Waals surface area contributed by atoms with Crippen molar-refractivity contribution in [2.75, 3.05) is 6.61 Å². The second-order valence-electron chi connectivity index (χ2n) is 3.88. The largest absolute Gasteiger partial charge is 0.492 e. The van der Waals surface area contributed by atoms with Gasteiger partial charge in [-0.25, -0.2) is 4.79 Å². The van der Waals surface area contributed by atoms with Gasteiger partial charge in [-0.1, -0.05) is 0 Å². The van der Waals surface area contributed by atoms with Crippen molar-refractivity contribution in [2.24, 2.45) is 0 Å². The minimum Gasteiger partial charge on any atom is -0.492 e. The zero-order valence-corrected chi connectivity index (χ0v) is 10.1. The second kappa shape index (κ2) is 5.74. The Kier molecular flexibility index (Phi) is 3.84. The highest BCUT2D eigenvalue weighted by Gasteiger charge is 2.03. The maximum atomic E-state index is 10.7. The molecule has 0 aliphatic carbocycles. The summed E-state index contributed by atoms with van der Waals surface area (Å²) in [6.07, 6.45) is 1.81. The fourth-order valence-electron chi connectivity index (χ4n) is 1.67. The number of rotatable bonds is 5. The lowest BCUT2D eigenvalue weighted by atomic mass is 10.2. The van der Waals surface area contributed by atoms with Gasteiger partial charge in [0.2, 0.25) is 0 Å². The number of aromatic nitrogens is 1. The van der Waals surface area contributed by atoms with Gasteiger partial charge >= 0.3 is 5.97 Å². The Bertz CT molecular complexity index is 608. The number of aromatic carboxylic acids is 1. The Balaban J connectivity index is 1.89. The van der Waals surface area contributed by atoms with Crippen molar-refractivity contribution in [3.8, 4) is 11.8 Å². The molecule has 1 aromatic heterocycles. The molecule has 0 atom stereocenters. The summed E-state index contributed by atoms with van der Waals surface area (Å²) in [5.74, 6) is -0.354. The second-order valence-corrected chi connectivity index (χ2v) is 3.88. The van der Waals surface area contributed by atoms with Crippen molar-refractivity contribution in [3.63, 3.8) is 0 Å². The molecular formula is C14H12N2O3. The van der Waals surface area contributed by atoms with E-state index in [9.17, 15) is 4.79 Å². The number of carboxylic acids is 1. The molecule has 0 fully saturated rings. The van der Waals surface area contributed by atoms with E-state index in [4.69, 9.17) is 15.1 Å². The highest BCUT2D eigenvalue weighted by Crippen LogP contribution is 2.12. The molecule has 0 aliphatic heterocycles. The van der Waals surface area contributed by atoms with Gasteiger partial charge in [-0.2, -0.15) is 5.26 Å². The van der Waals surface area contributed by atoms with Crippen LogP contribution in [-0.4, -0.2) is 22.2 Å².